The highest BCUT2D eigenvalue weighted by molar-refractivity contribution is 6.30. The van der Waals surface area contributed by atoms with Crippen molar-refractivity contribution in [1.82, 2.24) is 4.98 Å². The molecule has 3 aromatic rings. The Balaban J connectivity index is 1.89. The largest absolute Gasteiger partial charge is 0.487 e. The van der Waals surface area contributed by atoms with Crippen molar-refractivity contribution in [3.05, 3.63) is 71.1 Å². The molecular weight excluding hydrogens is 277 g/mol. The van der Waals surface area contributed by atoms with Gasteiger partial charge in [0.2, 0.25) is 0 Å². The van der Waals surface area contributed by atoms with Crippen LogP contribution in [0.15, 0.2) is 54.7 Å². The lowest BCUT2D eigenvalue weighted by molar-refractivity contribution is 0.303. The molecule has 0 aliphatic rings. The van der Waals surface area contributed by atoms with Gasteiger partial charge < -0.3 is 4.74 Å². The van der Waals surface area contributed by atoms with Gasteiger partial charge in [-0.3, -0.25) is 4.98 Å². The first kappa shape index (κ1) is 12.9. The molecule has 0 saturated heterocycles. The number of fused-ring (bicyclic) bond motifs is 1. The Kier molecular flexibility index (Phi) is 3.52. The summed E-state index contributed by atoms with van der Waals surface area (Å²) >= 11 is 5.86. The van der Waals surface area contributed by atoms with Crippen LogP contribution in [-0.2, 0) is 6.61 Å². The van der Waals surface area contributed by atoms with E-state index < -0.39 is 0 Å². The third kappa shape index (κ3) is 2.58. The highest BCUT2D eigenvalue weighted by Gasteiger charge is 2.06. The molecule has 0 atom stereocenters. The molecule has 20 heavy (non-hydrogen) atoms. The Bertz CT molecular complexity index is 755. The van der Waals surface area contributed by atoms with Crippen LogP contribution in [-0.4, -0.2) is 4.98 Å². The van der Waals surface area contributed by atoms with Gasteiger partial charge in [-0.15, -0.1) is 0 Å². The monoisotopic (exact) mass is 287 g/mol. The molecule has 0 aliphatic heterocycles. The molecule has 2 aromatic carbocycles. The van der Waals surface area contributed by atoms with E-state index in [2.05, 4.69) is 4.98 Å². The Morgan fingerprint density at radius 3 is 2.85 bits per heavy atom. The summed E-state index contributed by atoms with van der Waals surface area (Å²) in [7, 11) is 0. The van der Waals surface area contributed by atoms with Gasteiger partial charge in [0.15, 0.2) is 0 Å². The van der Waals surface area contributed by atoms with Gasteiger partial charge in [0, 0.05) is 22.2 Å². The number of aromatic nitrogens is 1. The van der Waals surface area contributed by atoms with Crippen molar-refractivity contribution in [2.24, 2.45) is 0 Å². The lowest BCUT2D eigenvalue weighted by atomic mass is 10.2. The van der Waals surface area contributed by atoms with Crippen molar-refractivity contribution >= 4 is 22.5 Å². The summed E-state index contributed by atoms with van der Waals surface area (Å²) < 4.78 is 19.3. The molecule has 0 aliphatic carbocycles. The average molecular weight is 288 g/mol. The zero-order valence-electron chi connectivity index (χ0n) is 10.5. The van der Waals surface area contributed by atoms with E-state index in [4.69, 9.17) is 16.3 Å². The van der Waals surface area contributed by atoms with Crippen LogP contribution in [0.2, 0.25) is 5.02 Å². The van der Waals surface area contributed by atoms with Crippen molar-refractivity contribution in [1.29, 1.82) is 0 Å². The quantitative estimate of drug-likeness (QED) is 0.702. The topological polar surface area (TPSA) is 22.1 Å². The van der Waals surface area contributed by atoms with Crippen LogP contribution in [0.25, 0.3) is 10.9 Å². The van der Waals surface area contributed by atoms with Gasteiger partial charge in [-0.05, 0) is 30.3 Å². The molecule has 0 fully saturated rings. The Hall–Kier alpha value is -2.13. The number of para-hydroxylation sites is 1. The number of hydrogen-bond acceptors (Lipinski definition) is 2. The number of benzene rings is 2. The Morgan fingerprint density at radius 2 is 1.95 bits per heavy atom. The van der Waals surface area contributed by atoms with Gasteiger partial charge >= 0.3 is 0 Å². The van der Waals surface area contributed by atoms with Crippen LogP contribution in [0.4, 0.5) is 4.39 Å². The van der Waals surface area contributed by atoms with Gasteiger partial charge in [-0.1, -0.05) is 29.8 Å². The molecule has 0 amide bonds. The molecule has 0 N–H and O–H groups in total. The number of halogens is 2. The van der Waals surface area contributed by atoms with Gasteiger partial charge in [0.1, 0.15) is 23.7 Å². The maximum absolute atomic E-state index is 13.6. The van der Waals surface area contributed by atoms with Crippen LogP contribution in [0.1, 0.15) is 5.56 Å². The van der Waals surface area contributed by atoms with E-state index in [0.29, 0.717) is 16.3 Å². The highest BCUT2D eigenvalue weighted by atomic mass is 35.5. The van der Waals surface area contributed by atoms with Crippen LogP contribution in [0.3, 0.4) is 0 Å². The molecular formula is C16H11ClFNO. The Morgan fingerprint density at radius 1 is 1.10 bits per heavy atom. The summed E-state index contributed by atoms with van der Waals surface area (Å²) in [5.41, 5.74) is 1.18. The number of rotatable bonds is 3. The van der Waals surface area contributed by atoms with E-state index in [1.165, 1.54) is 12.1 Å². The summed E-state index contributed by atoms with van der Waals surface area (Å²) in [6, 6.07) is 13.9. The molecule has 1 heterocycles. The minimum Gasteiger partial charge on any atom is -0.487 e. The lowest BCUT2D eigenvalue weighted by Crippen LogP contribution is -1.99. The van der Waals surface area contributed by atoms with Crippen LogP contribution < -0.4 is 4.74 Å². The molecule has 2 nitrogen and oxygen atoms in total. The van der Waals surface area contributed by atoms with Crippen LogP contribution >= 0.6 is 11.6 Å². The molecule has 0 bridgehead atoms. The maximum Gasteiger partial charge on any atom is 0.146 e. The van der Waals surface area contributed by atoms with E-state index in [1.54, 1.807) is 12.3 Å². The highest BCUT2D eigenvalue weighted by Crippen LogP contribution is 2.24. The minimum absolute atomic E-state index is 0.113. The molecule has 1 aromatic heterocycles. The summed E-state index contributed by atoms with van der Waals surface area (Å²) in [6.07, 6.45) is 1.70. The second kappa shape index (κ2) is 5.47. The summed E-state index contributed by atoms with van der Waals surface area (Å²) in [5, 5.41) is 1.47. The smallest absolute Gasteiger partial charge is 0.146 e. The van der Waals surface area contributed by atoms with Crippen molar-refractivity contribution < 1.29 is 9.13 Å². The number of hydrogen-bond donors (Lipinski definition) is 0. The SMILES string of the molecule is Fc1ccc(Cl)cc1COc1cccc2cccnc12. The fourth-order valence-electron chi connectivity index (χ4n) is 2.00. The van der Waals surface area contributed by atoms with E-state index in [-0.39, 0.29) is 12.4 Å². The normalized spacial score (nSPS) is 10.7. The number of ether oxygens (including phenoxy) is 1. The van der Waals surface area contributed by atoms with E-state index >= 15 is 0 Å². The van der Waals surface area contributed by atoms with Crippen LogP contribution in [0.5, 0.6) is 5.75 Å². The average Bonchev–Trinajstić information content (AvgIpc) is 2.48. The summed E-state index contributed by atoms with van der Waals surface area (Å²) in [6.45, 7) is 0.113. The molecule has 3 rings (SSSR count). The second-order valence-electron chi connectivity index (χ2n) is 4.36. The minimum atomic E-state index is -0.331. The molecule has 0 spiro atoms. The van der Waals surface area contributed by atoms with Gasteiger partial charge in [0.05, 0.1) is 0 Å². The third-order valence-corrected chi connectivity index (χ3v) is 3.22. The van der Waals surface area contributed by atoms with E-state index in [9.17, 15) is 4.39 Å². The first-order valence-corrected chi connectivity index (χ1v) is 6.52. The number of nitrogens with zero attached hydrogens (tertiary/aromatic N) is 1. The van der Waals surface area contributed by atoms with Crippen molar-refractivity contribution in [3.63, 3.8) is 0 Å². The zero-order valence-corrected chi connectivity index (χ0v) is 11.3. The fraction of sp³-hybridized carbons (Fsp3) is 0.0625. The predicted octanol–water partition coefficient (Wildman–Crippen LogP) is 4.61. The van der Waals surface area contributed by atoms with Crippen molar-refractivity contribution in [3.8, 4) is 5.75 Å². The predicted molar refractivity (Wildman–Crippen MR) is 77.5 cm³/mol. The first-order valence-electron chi connectivity index (χ1n) is 6.14. The van der Waals surface area contributed by atoms with Gasteiger partial charge in [-0.25, -0.2) is 4.39 Å². The van der Waals surface area contributed by atoms with E-state index in [1.807, 2.05) is 30.3 Å². The maximum atomic E-state index is 13.6. The Labute approximate surface area is 120 Å². The number of pyridine rings is 1. The molecule has 0 unspecified atom stereocenters. The van der Waals surface area contributed by atoms with Crippen molar-refractivity contribution in [2.45, 2.75) is 6.61 Å². The summed E-state index contributed by atoms with van der Waals surface area (Å²) in [4.78, 5) is 4.29. The van der Waals surface area contributed by atoms with Gasteiger partial charge in [0.25, 0.3) is 0 Å². The molecule has 4 heteroatoms. The first-order chi connectivity index (χ1) is 9.74. The molecule has 0 saturated carbocycles. The fourth-order valence-corrected chi connectivity index (χ4v) is 2.20. The molecule has 0 radical (unpaired) electrons. The van der Waals surface area contributed by atoms with Gasteiger partial charge in [-0.2, -0.15) is 0 Å². The van der Waals surface area contributed by atoms with Crippen LogP contribution in [0, 0.1) is 5.82 Å². The third-order valence-electron chi connectivity index (χ3n) is 2.99. The second-order valence-corrected chi connectivity index (χ2v) is 4.79. The summed E-state index contributed by atoms with van der Waals surface area (Å²) in [5.74, 6) is 0.296. The van der Waals surface area contributed by atoms with E-state index in [0.717, 1.165) is 10.9 Å². The lowest BCUT2D eigenvalue weighted by Gasteiger charge is -2.09. The standard InChI is InChI=1S/C16H11ClFNO/c17-13-6-7-14(18)12(9-13)10-20-15-5-1-3-11-4-2-8-19-16(11)15/h1-9H,10H2. The zero-order chi connectivity index (χ0) is 13.9. The molecule has 100 valence electrons. The van der Waals surface area contributed by atoms with Crippen molar-refractivity contribution in [2.75, 3.05) is 0 Å².